The van der Waals surface area contributed by atoms with Crippen LogP contribution >= 0.6 is 11.3 Å². The number of benzene rings is 1. The molecule has 1 aromatic carbocycles. The summed E-state index contributed by atoms with van der Waals surface area (Å²) in [5, 5.41) is 0.887. The SMILES string of the molecule is CCC(C)(C)N(C)c1nc(-c2ccccc2)c(C=O)s1. The van der Waals surface area contributed by atoms with Crippen LogP contribution in [0, 0.1) is 0 Å². The Hall–Kier alpha value is -1.68. The van der Waals surface area contributed by atoms with E-state index in [1.54, 1.807) is 0 Å². The summed E-state index contributed by atoms with van der Waals surface area (Å²) in [6, 6.07) is 9.85. The first-order valence-corrected chi connectivity index (χ1v) is 7.56. The van der Waals surface area contributed by atoms with Crippen LogP contribution in [-0.4, -0.2) is 23.9 Å². The number of carbonyl (C=O) groups excluding carboxylic acids is 1. The number of aromatic nitrogens is 1. The average molecular weight is 288 g/mol. The molecule has 106 valence electrons. The van der Waals surface area contributed by atoms with Gasteiger partial charge in [0.2, 0.25) is 0 Å². The van der Waals surface area contributed by atoms with E-state index in [1.807, 2.05) is 37.4 Å². The summed E-state index contributed by atoms with van der Waals surface area (Å²) >= 11 is 1.45. The maximum atomic E-state index is 11.3. The maximum absolute atomic E-state index is 11.3. The Morgan fingerprint density at radius 2 is 1.95 bits per heavy atom. The van der Waals surface area contributed by atoms with E-state index >= 15 is 0 Å². The quantitative estimate of drug-likeness (QED) is 0.771. The number of nitrogens with zero attached hydrogens (tertiary/aromatic N) is 2. The fourth-order valence-electron chi connectivity index (χ4n) is 1.84. The van der Waals surface area contributed by atoms with E-state index in [0.29, 0.717) is 4.88 Å². The normalized spacial score (nSPS) is 11.4. The van der Waals surface area contributed by atoms with E-state index in [4.69, 9.17) is 0 Å². The van der Waals surface area contributed by atoms with E-state index in [9.17, 15) is 4.79 Å². The molecule has 0 aliphatic rings. The van der Waals surface area contributed by atoms with Crippen molar-refractivity contribution in [3.05, 3.63) is 35.2 Å². The standard InChI is InChI=1S/C16H20N2OS/c1-5-16(2,3)18(4)15-17-14(13(11-19)20-15)12-9-7-6-8-10-12/h6-11H,5H2,1-4H3. The number of carbonyl (C=O) groups is 1. The Labute approximate surface area is 124 Å². The van der Waals surface area contributed by atoms with E-state index in [2.05, 4.69) is 30.7 Å². The van der Waals surface area contributed by atoms with Crippen LogP contribution in [0.3, 0.4) is 0 Å². The molecular weight excluding hydrogens is 268 g/mol. The predicted octanol–water partition coefficient (Wildman–Crippen LogP) is 4.25. The summed E-state index contributed by atoms with van der Waals surface area (Å²) in [5.74, 6) is 0. The van der Waals surface area contributed by atoms with E-state index < -0.39 is 0 Å². The highest BCUT2D eigenvalue weighted by atomic mass is 32.1. The van der Waals surface area contributed by atoms with Gasteiger partial charge in [0, 0.05) is 18.2 Å². The van der Waals surface area contributed by atoms with E-state index in [-0.39, 0.29) is 5.54 Å². The Balaban J connectivity index is 2.45. The van der Waals surface area contributed by atoms with Crippen molar-refractivity contribution in [3.8, 4) is 11.3 Å². The summed E-state index contributed by atoms with van der Waals surface area (Å²) < 4.78 is 0. The van der Waals surface area contributed by atoms with Crippen LogP contribution in [0.5, 0.6) is 0 Å². The number of hydrogen-bond donors (Lipinski definition) is 0. The summed E-state index contributed by atoms with van der Waals surface area (Å²) in [6.45, 7) is 6.51. The van der Waals surface area contributed by atoms with Crippen molar-refractivity contribution < 1.29 is 4.79 Å². The maximum Gasteiger partial charge on any atom is 0.186 e. The molecule has 0 aliphatic carbocycles. The highest BCUT2D eigenvalue weighted by Gasteiger charge is 2.25. The number of rotatable bonds is 5. The molecule has 2 aromatic rings. The molecule has 0 saturated heterocycles. The first kappa shape index (κ1) is 14.7. The molecule has 0 unspecified atom stereocenters. The Bertz CT molecular complexity index is 590. The van der Waals surface area contributed by atoms with Crippen molar-refractivity contribution in [3.63, 3.8) is 0 Å². The Morgan fingerprint density at radius 3 is 2.50 bits per heavy atom. The topological polar surface area (TPSA) is 33.2 Å². The molecular formula is C16H20N2OS. The second-order valence-corrected chi connectivity index (χ2v) is 6.43. The molecule has 0 aliphatic heterocycles. The van der Waals surface area contributed by atoms with Gasteiger partial charge in [-0.1, -0.05) is 48.6 Å². The molecule has 1 heterocycles. The summed E-state index contributed by atoms with van der Waals surface area (Å²) in [7, 11) is 2.03. The lowest BCUT2D eigenvalue weighted by atomic mass is 10.0. The van der Waals surface area contributed by atoms with E-state index in [1.165, 1.54) is 11.3 Å². The molecule has 0 bridgehead atoms. The molecule has 0 saturated carbocycles. The van der Waals surface area contributed by atoms with Gasteiger partial charge < -0.3 is 4.90 Å². The van der Waals surface area contributed by atoms with Crippen LogP contribution in [0.15, 0.2) is 30.3 Å². The fraction of sp³-hybridized carbons (Fsp3) is 0.375. The first-order valence-electron chi connectivity index (χ1n) is 6.75. The first-order chi connectivity index (χ1) is 9.49. The molecule has 0 amide bonds. The van der Waals surface area contributed by atoms with Gasteiger partial charge in [-0.25, -0.2) is 4.98 Å². The molecule has 0 fully saturated rings. The third-order valence-corrected chi connectivity index (χ3v) is 4.91. The van der Waals surface area contributed by atoms with Gasteiger partial charge >= 0.3 is 0 Å². The van der Waals surface area contributed by atoms with Gasteiger partial charge in [-0.3, -0.25) is 4.79 Å². The minimum Gasteiger partial charge on any atom is -0.346 e. The average Bonchev–Trinajstić information content (AvgIpc) is 2.91. The highest BCUT2D eigenvalue weighted by molar-refractivity contribution is 7.17. The van der Waals surface area contributed by atoms with Crippen molar-refractivity contribution in [1.29, 1.82) is 0 Å². The smallest absolute Gasteiger partial charge is 0.186 e. The Kier molecular flexibility index (Phi) is 4.23. The summed E-state index contributed by atoms with van der Waals surface area (Å²) in [4.78, 5) is 18.8. The molecule has 4 heteroatoms. The van der Waals surface area contributed by atoms with Gasteiger partial charge in [-0.15, -0.1) is 0 Å². The number of aldehydes is 1. The van der Waals surface area contributed by atoms with Gasteiger partial charge in [0.15, 0.2) is 11.4 Å². The van der Waals surface area contributed by atoms with Gasteiger partial charge in [0.1, 0.15) is 0 Å². The minimum absolute atomic E-state index is 0.0198. The van der Waals surface area contributed by atoms with Crippen LogP contribution in [0.1, 0.15) is 36.9 Å². The lowest BCUT2D eigenvalue weighted by Gasteiger charge is -2.34. The third kappa shape index (κ3) is 2.75. The second kappa shape index (κ2) is 5.75. The molecule has 0 atom stereocenters. The monoisotopic (exact) mass is 288 g/mol. The summed E-state index contributed by atoms with van der Waals surface area (Å²) in [5.41, 5.74) is 1.78. The van der Waals surface area contributed by atoms with Crippen molar-refractivity contribution in [2.75, 3.05) is 11.9 Å². The van der Waals surface area contributed by atoms with Crippen molar-refractivity contribution in [2.24, 2.45) is 0 Å². The van der Waals surface area contributed by atoms with Crippen LogP contribution in [-0.2, 0) is 0 Å². The Morgan fingerprint density at radius 1 is 1.30 bits per heavy atom. The molecule has 3 nitrogen and oxygen atoms in total. The molecule has 2 rings (SSSR count). The van der Waals surface area contributed by atoms with Crippen molar-refractivity contribution in [1.82, 2.24) is 4.98 Å². The van der Waals surface area contributed by atoms with Crippen molar-refractivity contribution in [2.45, 2.75) is 32.7 Å². The lowest BCUT2D eigenvalue weighted by molar-refractivity contribution is 0.112. The van der Waals surface area contributed by atoms with E-state index in [0.717, 1.165) is 29.1 Å². The fourth-order valence-corrected chi connectivity index (χ4v) is 2.87. The number of thiazole rings is 1. The van der Waals surface area contributed by atoms with Gasteiger partial charge in [-0.2, -0.15) is 0 Å². The van der Waals surface area contributed by atoms with Gasteiger partial charge in [0.25, 0.3) is 0 Å². The number of hydrogen-bond acceptors (Lipinski definition) is 4. The third-order valence-electron chi connectivity index (χ3n) is 3.86. The van der Waals surface area contributed by atoms with Crippen LogP contribution in [0.25, 0.3) is 11.3 Å². The highest BCUT2D eigenvalue weighted by Crippen LogP contribution is 2.34. The molecule has 0 spiro atoms. The second-order valence-electron chi connectivity index (χ2n) is 5.42. The van der Waals surface area contributed by atoms with Gasteiger partial charge in [0.05, 0.1) is 10.6 Å². The zero-order chi connectivity index (χ0) is 14.8. The molecule has 0 radical (unpaired) electrons. The lowest BCUT2D eigenvalue weighted by Crippen LogP contribution is -2.40. The van der Waals surface area contributed by atoms with Crippen LogP contribution in [0.2, 0.25) is 0 Å². The zero-order valence-corrected chi connectivity index (χ0v) is 13.2. The zero-order valence-electron chi connectivity index (χ0n) is 12.4. The minimum atomic E-state index is 0.0198. The molecule has 1 aromatic heterocycles. The van der Waals surface area contributed by atoms with Crippen molar-refractivity contribution >= 4 is 22.8 Å². The number of anilines is 1. The van der Waals surface area contributed by atoms with Crippen LogP contribution in [0.4, 0.5) is 5.13 Å². The molecule has 0 N–H and O–H groups in total. The van der Waals surface area contributed by atoms with Crippen LogP contribution < -0.4 is 4.90 Å². The van der Waals surface area contributed by atoms with Gasteiger partial charge in [-0.05, 0) is 20.3 Å². The summed E-state index contributed by atoms with van der Waals surface area (Å²) in [6.07, 6.45) is 1.91. The largest absolute Gasteiger partial charge is 0.346 e. The predicted molar refractivity (Wildman–Crippen MR) is 85.7 cm³/mol. The molecule has 20 heavy (non-hydrogen) atoms.